The molecule has 0 saturated heterocycles. The zero-order valence-electron chi connectivity index (χ0n) is 14.6. The third kappa shape index (κ3) is 2.66. The minimum atomic E-state index is 0.0376. The van der Waals surface area contributed by atoms with Crippen LogP contribution in [-0.2, 0) is 6.42 Å². The fourth-order valence-corrected chi connectivity index (χ4v) is 3.70. The van der Waals surface area contributed by atoms with Crippen LogP contribution in [0.1, 0.15) is 27.9 Å². The molecule has 1 aliphatic rings. The molecule has 1 aliphatic heterocycles. The van der Waals surface area contributed by atoms with E-state index in [1.807, 2.05) is 47.4 Å². The Morgan fingerprint density at radius 1 is 1.04 bits per heavy atom. The van der Waals surface area contributed by atoms with E-state index in [9.17, 15) is 4.79 Å². The highest BCUT2D eigenvalue weighted by Gasteiger charge is 2.28. The predicted octanol–water partition coefficient (Wildman–Crippen LogP) is 4.75. The fourth-order valence-electron chi connectivity index (χ4n) is 3.70. The molecule has 1 heterocycles. The Labute approximate surface area is 147 Å². The van der Waals surface area contributed by atoms with Gasteiger partial charge in [0.1, 0.15) is 5.75 Å². The molecule has 0 spiro atoms. The standard InChI is InChI=1S/C22H21NO2/c1-15-9-12-20(25-2)21-19(15)8-5-13-23(21)22(24)18-11-10-16-6-3-4-7-17(16)14-18/h3-4,6-7,9-12,14H,5,8,13H2,1-2H3. The number of aryl methyl sites for hydroxylation is 1. The third-order valence-electron chi connectivity index (χ3n) is 5.02. The summed E-state index contributed by atoms with van der Waals surface area (Å²) in [6.45, 7) is 2.82. The van der Waals surface area contributed by atoms with Crippen LogP contribution in [0.2, 0.25) is 0 Å². The summed E-state index contributed by atoms with van der Waals surface area (Å²) in [7, 11) is 1.66. The number of fused-ring (bicyclic) bond motifs is 2. The second kappa shape index (κ2) is 6.25. The Morgan fingerprint density at radius 2 is 1.84 bits per heavy atom. The van der Waals surface area contributed by atoms with E-state index in [-0.39, 0.29) is 5.91 Å². The van der Waals surface area contributed by atoms with Crippen molar-refractivity contribution in [1.82, 2.24) is 0 Å². The van der Waals surface area contributed by atoms with Crippen molar-refractivity contribution in [2.75, 3.05) is 18.6 Å². The van der Waals surface area contributed by atoms with E-state index in [0.29, 0.717) is 0 Å². The van der Waals surface area contributed by atoms with Crippen LogP contribution in [-0.4, -0.2) is 19.6 Å². The van der Waals surface area contributed by atoms with Gasteiger partial charge in [-0.05, 0) is 59.9 Å². The van der Waals surface area contributed by atoms with Crippen molar-refractivity contribution in [3.63, 3.8) is 0 Å². The summed E-state index contributed by atoms with van der Waals surface area (Å²) in [4.78, 5) is 15.1. The highest BCUT2D eigenvalue weighted by molar-refractivity contribution is 6.09. The summed E-state index contributed by atoms with van der Waals surface area (Å²) >= 11 is 0. The molecule has 0 unspecified atom stereocenters. The van der Waals surface area contributed by atoms with Crippen molar-refractivity contribution in [3.05, 3.63) is 71.3 Å². The molecule has 0 aliphatic carbocycles. The molecule has 3 nitrogen and oxygen atoms in total. The molecule has 0 N–H and O–H groups in total. The average molecular weight is 331 g/mol. The van der Waals surface area contributed by atoms with Crippen LogP contribution < -0.4 is 9.64 Å². The number of methoxy groups -OCH3 is 1. The molecule has 3 aromatic carbocycles. The number of amides is 1. The number of ether oxygens (including phenoxy) is 1. The lowest BCUT2D eigenvalue weighted by Gasteiger charge is -2.32. The number of hydrogen-bond donors (Lipinski definition) is 0. The van der Waals surface area contributed by atoms with E-state index in [1.165, 1.54) is 11.1 Å². The van der Waals surface area contributed by atoms with Crippen LogP contribution in [0.4, 0.5) is 5.69 Å². The van der Waals surface area contributed by atoms with Gasteiger partial charge in [0.15, 0.2) is 0 Å². The average Bonchev–Trinajstić information content (AvgIpc) is 2.67. The minimum absolute atomic E-state index is 0.0376. The van der Waals surface area contributed by atoms with Crippen molar-refractivity contribution >= 4 is 22.4 Å². The molecule has 0 radical (unpaired) electrons. The van der Waals surface area contributed by atoms with Crippen molar-refractivity contribution in [2.45, 2.75) is 19.8 Å². The number of hydrogen-bond acceptors (Lipinski definition) is 2. The Bertz CT molecular complexity index is 961. The largest absolute Gasteiger partial charge is 0.495 e. The molecule has 25 heavy (non-hydrogen) atoms. The maximum Gasteiger partial charge on any atom is 0.258 e. The topological polar surface area (TPSA) is 29.5 Å². The van der Waals surface area contributed by atoms with Crippen molar-refractivity contribution in [1.29, 1.82) is 0 Å². The normalized spacial score (nSPS) is 13.6. The Balaban J connectivity index is 1.80. The van der Waals surface area contributed by atoms with E-state index < -0.39 is 0 Å². The van der Waals surface area contributed by atoms with E-state index in [4.69, 9.17) is 4.74 Å². The molecule has 0 atom stereocenters. The highest BCUT2D eigenvalue weighted by atomic mass is 16.5. The van der Waals surface area contributed by atoms with Crippen molar-refractivity contribution < 1.29 is 9.53 Å². The maximum absolute atomic E-state index is 13.3. The first-order valence-electron chi connectivity index (χ1n) is 8.66. The zero-order chi connectivity index (χ0) is 17.4. The van der Waals surface area contributed by atoms with Crippen LogP contribution in [0, 0.1) is 6.92 Å². The molecular formula is C22H21NO2. The van der Waals surface area contributed by atoms with E-state index in [1.54, 1.807) is 7.11 Å². The van der Waals surface area contributed by atoms with Gasteiger partial charge < -0.3 is 9.64 Å². The van der Waals surface area contributed by atoms with Gasteiger partial charge in [-0.25, -0.2) is 0 Å². The van der Waals surface area contributed by atoms with Crippen molar-refractivity contribution in [3.8, 4) is 5.75 Å². The molecule has 3 heteroatoms. The second-order valence-corrected chi connectivity index (χ2v) is 6.53. The lowest BCUT2D eigenvalue weighted by atomic mass is 9.95. The number of nitrogens with zero attached hydrogens (tertiary/aromatic N) is 1. The number of benzene rings is 3. The molecular weight excluding hydrogens is 310 g/mol. The summed E-state index contributed by atoms with van der Waals surface area (Å²) < 4.78 is 5.56. The first kappa shape index (κ1) is 15.7. The molecule has 126 valence electrons. The molecule has 0 aromatic heterocycles. The predicted molar refractivity (Wildman–Crippen MR) is 102 cm³/mol. The van der Waals surface area contributed by atoms with Crippen molar-refractivity contribution in [2.24, 2.45) is 0 Å². The number of anilines is 1. The van der Waals surface area contributed by atoms with Crippen LogP contribution in [0.5, 0.6) is 5.75 Å². The van der Waals surface area contributed by atoms with Gasteiger partial charge in [0.25, 0.3) is 5.91 Å². The molecule has 4 rings (SSSR count). The summed E-state index contributed by atoms with van der Waals surface area (Å²) in [6, 6.07) is 18.1. The highest BCUT2D eigenvalue weighted by Crippen LogP contribution is 2.39. The summed E-state index contributed by atoms with van der Waals surface area (Å²) in [6.07, 6.45) is 1.96. The van der Waals surface area contributed by atoms with Gasteiger partial charge in [0.2, 0.25) is 0 Å². The van der Waals surface area contributed by atoms with Crippen LogP contribution in [0.25, 0.3) is 10.8 Å². The molecule has 0 saturated carbocycles. The van der Waals surface area contributed by atoms with Gasteiger partial charge >= 0.3 is 0 Å². The first-order chi connectivity index (χ1) is 12.2. The Kier molecular flexibility index (Phi) is 3.92. The van der Waals surface area contributed by atoms with Gasteiger partial charge in [-0.3, -0.25) is 4.79 Å². The third-order valence-corrected chi connectivity index (χ3v) is 5.02. The minimum Gasteiger partial charge on any atom is -0.495 e. The first-order valence-corrected chi connectivity index (χ1v) is 8.66. The van der Waals surface area contributed by atoms with Crippen LogP contribution in [0.3, 0.4) is 0 Å². The molecule has 1 amide bonds. The Hall–Kier alpha value is -2.81. The van der Waals surface area contributed by atoms with Crippen LogP contribution >= 0.6 is 0 Å². The number of carbonyl (C=O) groups excluding carboxylic acids is 1. The SMILES string of the molecule is COc1ccc(C)c2c1N(C(=O)c1ccc3ccccc3c1)CCC2. The zero-order valence-corrected chi connectivity index (χ0v) is 14.6. The summed E-state index contributed by atoms with van der Waals surface area (Å²) in [5.74, 6) is 0.810. The van der Waals surface area contributed by atoms with Gasteiger partial charge in [-0.2, -0.15) is 0 Å². The van der Waals surface area contributed by atoms with Gasteiger partial charge in [-0.1, -0.05) is 36.4 Å². The quantitative estimate of drug-likeness (QED) is 0.678. The lowest BCUT2D eigenvalue weighted by Crippen LogP contribution is -2.36. The molecule has 0 bridgehead atoms. The lowest BCUT2D eigenvalue weighted by molar-refractivity contribution is 0.0984. The van der Waals surface area contributed by atoms with Gasteiger partial charge in [0.05, 0.1) is 12.8 Å². The summed E-state index contributed by atoms with van der Waals surface area (Å²) in [5, 5.41) is 2.23. The molecule has 0 fully saturated rings. The van der Waals surface area contributed by atoms with E-state index in [2.05, 4.69) is 19.1 Å². The summed E-state index contributed by atoms with van der Waals surface area (Å²) in [5.41, 5.74) is 4.09. The second-order valence-electron chi connectivity index (χ2n) is 6.53. The maximum atomic E-state index is 13.3. The number of carbonyl (C=O) groups is 1. The monoisotopic (exact) mass is 331 g/mol. The van der Waals surface area contributed by atoms with E-state index >= 15 is 0 Å². The smallest absolute Gasteiger partial charge is 0.258 e. The Morgan fingerprint density at radius 3 is 2.64 bits per heavy atom. The fraction of sp³-hybridized carbons (Fsp3) is 0.227. The van der Waals surface area contributed by atoms with Gasteiger partial charge in [0, 0.05) is 12.1 Å². The van der Waals surface area contributed by atoms with E-state index in [0.717, 1.165) is 47.2 Å². The molecule has 3 aromatic rings. The van der Waals surface area contributed by atoms with Crippen LogP contribution in [0.15, 0.2) is 54.6 Å². The number of rotatable bonds is 2. The van der Waals surface area contributed by atoms with Gasteiger partial charge in [-0.15, -0.1) is 0 Å².